The first-order valence-corrected chi connectivity index (χ1v) is 6.64. The maximum absolute atomic E-state index is 10.8. The van der Waals surface area contributed by atoms with Crippen LogP contribution in [0.25, 0.3) is 0 Å². The van der Waals surface area contributed by atoms with Gasteiger partial charge in [0.1, 0.15) is 0 Å². The van der Waals surface area contributed by atoms with E-state index < -0.39 is 0 Å². The Labute approximate surface area is 110 Å². The summed E-state index contributed by atoms with van der Waals surface area (Å²) in [6.45, 7) is 4.62. The lowest BCUT2D eigenvalue weighted by molar-refractivity contribution is 0.0930. The average Bonchev–Trinajstić information content (AvgIpc) is 2.38. The van der Waals surface area contributed by atoms with E-state index >= 15 is 0 Å². The highest BCUT2D eigenvalue weighted by molar-refractivity contribution is 9.10. The van der Waals surface area contributed by atoms with Crippen molar-refractivity contribution in [3.8, 4) is 0 Å². The number of hydrogen-bond acceptors (Lipinski definition) is 3. The van der Waals surface area contributed by atoms with Gasteiger partial charge in [-0.1, -0.05) is 6.92 Å². The molecule has 1 aromatic carbocycles. The fourth-order valence-corrected chi connectivity index (χ4v) is 2.58. The molecule has 2 rings (SSSR count). The number of halogens is 1. The molecule has 0 radical (unpaired) electrons. The van der Waals surface area contributed by atoms with E-state index in [1.807, 2.05) is 18.2 Å². The minimum Gasteiger partial charge on any atom is -0.377 e. The summed E-state index contributed by atoms with van der Waals surface area (Å²) in [6.07, 6.45) is 1.93. The summed E-state index contributed by atoms with van der Waals surface area (Å²) < 4.78 is 6.34. The molecule has 0 N–H and O–H groups in total. The molecule has 0 bridgehead atoms. The Morgan fingerprint density at radius 1 is 1.59 bits per heavy atom. The van der Waals surface area contributed by atoms with Crippen molar-refractivity contribution < 1.29 is 9.53 Å². The van der Waals surface area contributed by atoms with Gasteiger partial charge in [0.2, 0.25) is 0 Å². The van der Waals surface area contributed by atoms with E-state index in [0.29, 0.717) is 11.6 Å². The molecule has 1 aliphatic heterocycles. The number of carbonyl (C=O) groups is 1. The fourth-order valence-electron chi connectivity index (χ4n) is 2.12. The van der Waals surface area contributed by atoms with Gasteiger partial charge < -0.3 is 9.64 Å². The molecular weight excluding hydrogens is 282 g/mol. The van der Waals surface area contributed by atoms with Gasteiger partial charge in [0, 0.05) is 22.3 Å². The van der Waals surface area contributed by atoms with E-state index in [2.05, 4.69) is 27.8 Å². The topological polar surface area (TPSA) is 29.5 Å². The van der Waals surface area contributed by atoms with Gasteiger partial charge in [0.05, 0.1) is 19.3 Å². The Morgan fingerprint density at radius 2 is 2.41 bits per heavy atom. The number of ether oxygens (including phenoxy) is 1. The molecule has 0 aliphatic carbocycles. The number of hydrogen-bond donors (Lipinski definition) is 0. The van der Waals surface area contributed by atoms with Gasteiger partial charge >= 0.3 is 0 Å². The van der Waals surface area contributed by atoms with Gasteiger partial charge in [-0.05, 0) is 40.5 Å². The average molecular weight is 298 g/mol. The highest BCUT2D eigenvalue weighted by Gasteiger charge is 2.21. The summed E-state index contributed by atoms with van der Waals surface area (Å²) in [5.74, 6) is 0. The second kappa shape index (κ2) is 5.65. The molecule has 92 valence electrons. The summed E-state index contributed by atoms with van der Waals surface area (Å²) in [7, 11) is 0. The zero-order chi connectivity index (χ0) is 12.3. The van der Waals surface area contributed by atoms with Crippen LogP contribution in [0.2, 0.25) is 0 Å². The molecule has 1 aromatic rings. The minimum absolute atomic E-state index is 0.428. The Morgan fingerprint density at radius 3 is 3.06 bits per heavy atom. The van der Waals surface area contributed by atoms with Crippen molar-refractivity contribution in [2.24, 2.45) is 0 Å². The number of rotatable bonds is 3. The molecule has 1 fully saturated rings. The van der Waals surface area contributed by atoms with Crippen LogP contribution in [-0.4, -0.2) is 32.1 Å². The van der Waals surface area contributed by atoms with Gasteiger partial charge in [-0.2, -0.15) is 0 Å². The van der Waals surface area contributed by atoms with Crippen molar-refractivity contribution in [3.05, 3.63) is 28.2 Å². The molecule has 0 spiro atoms. The van der Waals surface area contributed by atoms with Crippen molar-refractivity contribution in [1.29, 1.82) is 0 Å². The molecule has 0 saturated carbocycles. The van der Waals surface area contributed by atoms with Gasteiger partial charge in [0.25, 0.3) is 0 Å². The van der Waals surface area contributed by atoms with Crippen LogP contribution in [0.5, 0.6) is 0 Å². The largest absolute Gasteiger partial charge is 0.377 e. The predicted molar refractivity (Wildman–Crippen MR) is 71.8 cm³/mol. The summed E-state index contributed by atoms with van der Waals surface area (Å²) in [5.41, 5.74) is 1.84. The third-order valence-electron chi connectivity index (χ3n) is 3.14. The third kappa shape index (κ3) is 2.69. The number of nitrogens with zero attached hydrogens (tertiary/aromatic N) is 1. The van der Waals surface area contributed by atoms with E-state index in [9.17, 15) is 4.79 Å². The maximum Gasteiger partial charge on any atom is 0.151 e. The van der Waals surface area contributed by atoms with Crippen molar-refractivity contribution in [3.63, 3.8) is 0 Å². The summed E-state index contributed by atoms with van der Waals surface area (Å²) in [5, 5.41) is 0. The number of aldehydes is 1. The third-order valence-corrected chi connectivity index (χ3v) is 3.83. The smallest absolute Gasteiger partial charge is 0.151 e. The Hall–Kier alpha value is -0.870. The molecule has 1 heterocycles. The zero-order valence-electron chi connectivity index (χ0n) is 9.86. The normalized spacial score (nSPS) is 20.4. The quantitative estimate of drug-likeness (QED) is 0.804. The molecule has 1 unspecified atom stereocenters. The van der Waals surface area contributed by atoms with Gasteiger partial charge in [-0.3, -0.25) is 4.79 Å². The van der Waals surface area contributed by atoms with E-state index in [-0.39, 0.29) is 0 Å². The molecule has 17 heavy (non-hydrogen) atoms. The van der Waals surface area contributed by atoms with E-state index in [1.165, 1.54) is 0 Å². The lowest BCUT2D eigenvalue weighted by Crippen LogP contribution is -2.45. The molecule has 4 heteroatoms. The van der Waals surface area contributed by atoms with Crippen LogP contribution in [0.3, 0.4) is 0 Å². The first kappa shape index (κ1) is 12.6. The lowest BCUT2D eigenvalue weighted by atomic mass is 10.1. The van der Waals surface area contributed by atoms with Crippen LogP contribution < -0.4 is 4.90 Å². The van der Waals surface area contributed by atoms with Crippen LogP contribution in [-0.2, 0) is 4.74 Å². The number of anilines is 1. The number of carbonyl (C=O) groups excluding carboxylic acids is 1. The Bertz CT molecular complexity index is 408. The van der Waals surface area contributed by atoms with Gasteiger partial charge in [-0.15, -0.1) is 0 Å². The molecular formula is C13H16BrNO2. The number of morpholine rings is 1. The van der Waals surface area contributed by atoms with E-state index in [1.54, 1.807) is 0 Å². The minimum atomic E-state index is 0.428. The molecule has 0 aromatic heterocycles. The highest BCUT2D eigenvalue weighted by Crippen LogP contribution is 2.26. The van der Waals surface area contributed by atoms with Crippen molar-refractivity contribution in [2.75, 3.05) is 24.7 Å². The van der Waals surface area contributed by atoms with Crippen LogP contribution in [0.15, 0.2) is 22.7 Å². The Kier molecular flexibility index (Phi) is 4.18. The van der Waals surface area contributed by atoms with Crippen molar-refractivity contribution in [2.45, 2.75) is 19.4 Å². The molecule has 1 atom stereocenters. The SMILES string of the molecule is CCC1COCCN1c1ccc(C=O)c(Br)c1. The summed E-state index contributed by atoms with van der Waals surface area (Å²) in [6, 6.07) is 6.30. The van der Waals surface area contributed by atoms with Crippen LogP contribution in [0.4, 0.5) is 5.69 Å². The highest BCUT2D eigenvalue weighted by atomic mass is 79.9. The van der Waals surface area contributed by atoms with Gasteiger partial charge in [-0.25, -0.2) is 0 Å². The monoisotopic (exact) mass is 297 g/mol. The zero-order valence-corrected chi connectivity index (χ0v) is 11.4. The molecule has 0 amide bonds. The van der Waals surface area contributed by atoms with Crippen molar-refractivity contribution >= 4 is 27.9 Å². The summed E-state index contributed by atoms with van der Waals surface area (Å²) >= 11 is 3.43. The first-order chi connectivity index (χ1) is 8.26. The Balaban J connectivity index is 2.25. The van der Waals surface area contributed by atoms with Crippen LogP contribution >= 0.6 is 15.9 Å². The van der Waals surface area contributed by atoms with Crippen LogP contribution in [0, 0.1) is 0 Å². The number of benzene rings is 1. The molecule has 3 nitrogen and oxygen atoms in total. The van der Waals surface area contributed by atoms with E-state index in [4.69, 9.17) is 4.74 Å². The molecule has 1 saturated heterocycles. The second-order valence-corrected chi connectivity index (χ2v) is 5.01. The van der Waals surface area contributed by atoms with Crippen molar-refractivity contribution in [1.82, 2.24) is 0 Å². The maximum atomic E-state index is 10.8. The van der Waals surface area contributed by atoms with Crippen LogP contribution in [0.1, 0.15) is 23.7 Å². The first-order valence-electron chi connectivity index (χ1n) is 5.85. The molecule has 1 aliphatic rings. The van der Waals surface area contributed by atoms with E-state index in [0.717, 1.165) is 42.6 Å². The predicted octanol–water partition coefficient (Wildman–Crippen LogP) is 2.88. The standard InChI is InChI=1S/C13H16BrNO2/c1-2-11-9-17-6-5-15(11)12-4-3-10(8-16)13(14)7-12/h3-4,7-8,11H,2,5-6,9H2,1H3. The second-order valence-electron chi connectivity index (χ2n) is 4.15. The lowest BCUT2D eigenvalue weighted by Gasteiger charge is -2.37. The summed E-state index contributed by atoms with van der Waals surface area (Å²) in [4.78, 5) is 13.1. The van der Waals surface area contributed by atoms with Gasteiger partial charge in [0.15, 0.2) is 6.29 Å². The fraction of sp³-hybridized carbons (Fsp3) is 0.462.